The Hall–Kier alpha value is -3.48. The van der Waals surface area contributed by atoms with Gasteiger partial charge < -0.3 is 14.7 Å². The highest BCUT2D eigenvalue weighted by molar-refractivity contribution is 6.05. The third-order valence-electron chi connectivity index (χ3n) is 5.06. The second-order valence-electron chi connectivity index (χ2n) is 6.81. The summed E-state index contributed by atoms with van der Waals surface area (Å²) in [5, 5.41) is 0. The molecule has 148 valence electrons. The van der Waals surface area contributed by atoms with Gasteiger partial charge in [-0.05, 0) is 37.3 Å². The van der Waals surface area contributed by atoms with Crippen LogP contribution in [0.4, 0.5) is 17.5 Å². The second-order valence-corrected chi connectivity index (χ2v) is 6.81. The summed E-state index contributed by atoms with van der Waals surface area (Å²) in [4.78, 5) is 32.3. The SMILES string of the molecule is CCN(C(=O)c1ccc(N2CCN(c3ncccn3)CC2)nc1)c1ccccc1. The molecule has 0 radical (unpaired) electrons. The van der Waals surface area contributed by atoms with E-state index >= 15 is 0 Å². The maximum absolute atomic E-state index is 12.9. The number of carbonyl (C=O) groups is 1. The Balaban J connectivity index is 1.41. The molecule has 29 heavy (non-hydrogen) atoms. The molecule has 0 aliphatic carbocycles. The summed E-state index contributed by atoms with van der Waals surface area (Å²) < 4.78 is 0. The van der Waals surface area contributed by atoms with Crippen molar-refractivity contribution in [2.75, 3.05) is 47.4 Å². The van der Waals surface area contributed by atoms with Crippen LogP contribution in [0.5, 0.6) is 0 Å². The fourth-order valence-corrected chi connectivity index (χ4v) is 3.50. The van der Waals surface area contributed by atoms with Gasteiger partial charge in [0.15, 0.2) is 0 Å². The lowest BCUT2D eigenvalue weighted by Gasteiger charge is -2.35. The van der Waals surface area contributed by atoms with E-state index < -0.39 is 0 Å². The van der Waals surface area contributed by atoms with Gasteiger partial charge >= 0.3 is 0 Å². The molecule has 1 aromatic carbocycles. The van der Waals surface area contributed by atoms with Gasteiger partial charge in [0.05, 0.1) is 5.56 Å². The number of piperazine rings is 1. The molecular weight excluding hydrogens is 364 g/mol. The number of anilines is 3. The molecule has 1 amide bonds. The predicted molar refractivity (Wildman–Crippen MR) is 114 cm³/mol. The third kappa shape index (κ3) is 4.18. The maximum atomic E-state index is 12.9. The number of hydrogen-bond acceptors (Lipinski definition) is 6. The van der Waals surface area contributed by atoms with E-state index in [-0.39, 0.29) is 5.91 Å². The zero-order valence-corrected chi connectivity index (χ0v) is 16.5. The van der Waals surface area contributed by atoms with Crippen molar-refractivity contribution in [1.29, 1.82) is 0 Å². The minimum atomic E-state index is -0.0382. The van der Waals surface area contributed by atoms with E-state index in [2.05, 4.69) is 24.8 Å². The van der Waals surface area contributed by atoms with Gasteiger partial charge in [0.1, 0.15) is 5.82 Å². The van der Waals surface area contributed by atoms with Crippen LogP contribution in [0.1, 0.15) is 17.3 Å². The summed E-state index contributed by atoms with van der Waals surface area (Å²) in [6.07, 6.45) is 5.21. The Morgan fingerprint density at radius 3 is 2.21 bits per heavy atom. The highest BCUT2D eigenvalue weighted by atomic mass is 16.2. The summed E-state index contributed by atoms with van der Waals surface area (Å²) in [6.45, 7) is 5.93. The van der Waals surface area contributed by atoms with Crippen molar-refractivity contribution < 1.29 is 4.79 Å². The standard InChI is InChI=1S/C22H24N6O/c1-2-28(19-7-4-3-5-8-19)21(29)18-9-10-20(25-17-18)26-13-15-27(16-14-26)22-23-11-6-12-24-22/h3-12,17H,2,13-16H2,1H3. The minimum Gasteiger partial charge on any atom is -0.353 e. The second kappa shape index (κ2) is 8.68. The highest BCUT2D eigenvalue weighted by Gasteiger charge is 2.21. The fraction of sp³-hybridized carbons (Fsp3) is 0.273. The monoisotopic (exact) mass is 388 g/mol. The van der Waals surface area contributed by atoms with Crippen molar-refractivity contribution in [2.45, 2.75) is 6.92 Å². The first kappa shape index (κ1) is 18.9. The van der Waals surface area contributed by atoms with Gasteiger partial charge in [0.2, 0.25) is 5.95 Å². The highest BCUT2D eigenvalue weighted by Crippen LogP contribution is 2.19. The van der Waals surface area contributed by atoms with Crippen LogP contribution in [0.3, 0.4) is 0 Å². The van der Waals surface area contributed by atoms with Crippen LogP contribution in [0.2, 0.25) is 0 Å². The van der Waals surface area contributed by atoms with E-state index in [1.807, 2.05) is 55.5 Å². The number of nitrogens with zero attached hydrogens (tertiary/aromatic N) is 6. The van der Waals surface area contributed by atoms with Gasteiger partial charge in [0.25, 0.3) is 5.91 Å². The molecule has 1 aliphatic heterocycles. The molecule has 1 aliphatic rings. The Morgan fingerprint density at radius 2 is 1.59 bits per heavy atom. The molecule has 0 saturated carbocycles. The molecule has 0 spiro atoms. The largest absolute Gasteiger partial charge is 0.353 e. The molecule has 3 aromatic rings. The lowest BCUT2D eigenvalue weighted by Crippen LogP contribution is -2.47. The number of carbonyl (C=O) groups excluding carboxylic acids is 1. The molecule has 1 saturated heterocycles. The first-order valence-electron chi connectivity index (χ1n) is 9.86. The molecule has 7 heteroatoms. The number of para-hydroxylation sites is 1. The van der Waals surface area contributed by atoms with Crippen LogP contribution in [0.25, 0.3) is 0 Å². The minimum absolute atomic E-state index is 0.0382. The van der Waals surface area contributed by atoms with Crippen molar-refractivity contribution in [2.24, 2.45) is 0 Å². The van der Waals surface area contributed by atoms with Crippen LogP contribution in [0.15, 0.2) is 67.1 Å². The van der Waals surface area contributed by atoms with Gasteiger partial charge in [-0.25, -0.2) is 15.0 Å². The van der Waals surface area contributed by atoms with E-state index in [1.54, 1.807) is 23.5 Å². The molecule has 2 aromatic heterocycles. The van der Waals surface area contributed by atoms with E-state index in [9.17, 15) is 4.79 Å². The molecule has 0 atom stereocenters. The molecule has 1 fully saturated rings. The first-order valence-corrected chi connectivity index (χ1v) is 9.86. The zero-order chi connectivity index (χ0) is 20.1. The summed E-state index contributed by atoms with van der Waals surface area (Å²) in [7, 11) is 0. The average Bonchev–Trinajstić information content (AvgIpc) is 2.81. The zero-order valence-electron chi connectivity index (χ0n) is 16.5. The van der Waals surface area contributed by atoms with Crippen molar-refractivity contribution in [3.63, 3.8) is 0 Å². The molecule has 0 N–H and O–H groups in total. The number of hydrogen-bond donors (Lipinski definition) is 0. The summed E-state index contributed by atoms with van der Waals surface area (Å²) >= 11 is 0. The number of rotatable bonds is 5. The van der Waals surface area contributed by atoms with Crippen LogP contribution in [-0.4, -0.2) is 53.6 Å². The first-order chi connectivity index (χ1) is 14.3. The van der Waals surface area contributed by atoms with Crippen molar-refractivity contribution in [3.8, 4) is 0 Å². The van der Waals surface area contributed by atoms with E-state index in [1.165, 1.54) is 0 Å². The Morgan fingerprint density at radius 1 is 0.897 bits per heavy atom. The van der Waals surface area contributed by atoms with E-state index in [0.717, 1.165) is 43.6 Å². The van der Waals surface area contributed by atoms with E-state index in [4.69, 9.17) is 0 Å². The van der Waals surface area contributed by atoms with E-state index in [0.29, 0.717) is 12.1 Å². The predicted octanol–water partition coefficient (Wildman–Crippen LogP) is 2.86. The summed E-state index contributed by atoms with van der Waals surface area (Å²) in [5.74, 6) is 1.61. The molecular formula is C22H24N6O. The smallest absolute Gasteiger partial charge is 0.259 e. The average molecular weight is 388 g/mol. The van der Waals surface area contributed by atoms with Crippen LogP contribution >= 0.6 is 0 Å². The molecule has 0 unspecified atom stereocenters. The molecule has 4 rings (SSSR count). The Kier molecular flexibility index (Phi) is 5.65. The van der Waals surface area contributed by atoms with Crippen LogP contribution in [-0.2, 0) is 0 Å². The molecule has 7 nitrogen and oxygen atoms in total. The van der Waals surface area contributed by atoms with Crippen molar-refractivity contribution in [1.82, 2.24) is 15.0 Å². The maximum Gasteiger partial charge on any atom is 0.259 e. The van der Waals surface area contributed by atoms with Crippen molar-refractivity contribution >= 4 is 23.4 Å². The lowest BCUT2D eigenvalue weighted by atomic mass is 10.2. The van der Waals surface area contributed by atoms with Gasteiger partial charge in [0, 0.05) is 57.0 Å². The number of aromatic nitrogens is 3. The third-order valence-corrected chi connectivity index (χ3v) is 5.06. The fourth-order valence-electron chi connectivity index (χ4n) is 3.50. The normalized spacial score (nSPS) is 14.0. The summed E-state index contributed by atoms with van der Waals surface area (Å²) in [6, 6.07) is 15.3. The summed E-state index contributed by atoms with van der Waals surface area (Å²) in [5.41, 5.74) is 1.49. The van der Waals surface area contributed by atoms with Crippen molar-refractivity contribution in [3.05, 3.63) is 72.7 Å². The number of pyridine rings is 1. The number of amides is 1. The Bertz CT molecular complexity index is 925. The Labute approximate surface area is 170 Å². The van der Waals surface area contributed by atoms with Crippen LogP contribution in [0, 0.1) is 0 Å². The quantitative estimate of drug-likeness (QED) is 0.670. The van der Waals surface area contributed by atoms with Gasteiger partial charge in [-0.3, -0.25) is 4.79 Å². The number of benzene rings is 1. The van der Waals surface area contributed by atoms with Gasteiger partial charge in [-0.1, -0.05) is 18.2 Å². The van der Waals surface area contributed by atoms with Gasteiger partial charge in [-0.15, -0.1) is 0 Å². The topological polar surface area (TPSA) is 65.5 Å². The molecule has 3 heterocycles. The molecule has 0 bridgehead atoms. The van der Waals surface area contributed by atoms with Gasteiger partial charge in [-0.2, -0.15) is 0 Å². The lowest BCUT2D eigenvalue weighted by molar-refractivity contribution is 0.0988. The van der Waals surface area contributed by atoms with Crippen LogP contribution < -0.4 is 14.7 Å².